The lowest BCUT2D eigenvalue weighted by atomic mass is 10.0. The molecule has 1 saturated carbocycles. The largest absolute Gasteiger partial charge is 0.362 e. The maximum atomic E-state index is 13.4. The van der Waals surface area contributed by atoms with E-state index >= 15 is 0 Å². The lowest BCUT2D eigenvalue weighted by molar-refractivity contribution is 0.101. The molecule has 0 spiro atoms. The fourth-order valence-electron chi connectivity index (χ4n) is 5.78. The smallest absolute Gasteiger partial charge is 0.263 e. The van der Waals surface area contributed by atoms with Gasteiger partial charge in [0.05, 0.1) is 17.4 Å². The zero-order valence-electron chi connectivity index (χ0n) is 21.5. The van der Waals surface area contributed by atoms with Gasteiger partial charge in [-0.1, -0.05) is 31.0 Å². The van der Waals surface area contributed by atoms with Crippen molar-refractivity contribution in [3.05, 3.63) is 80.9 Å². The average molecular weight is 529 g/mol. The van der Waals surface area contributed by atoms with Gasteiger partial charge in [-0.3, -0.25) is 14.2 Å². The summed E-state index contributed by atoms with van der Waals surface area (Å²) < 4.78 is 1.72. The number of pyridine rings is 2. The molecule has 0 saturated heterocycles. The van der Waals surface area contributed by atoms with Crippen LogP contribution in [-0.4, -0.2) is 25.3 Å². The first-order chi connectivity index (χ1) is 18.4. The molecule has 38 heavy (non-hydrogen) atoms. The van der Waals surface area contributed by atoms with Gasteiger partial charge in [-0.15, -0.1) is 11.6 Å². The molecule has 2 aliphatic rings. The molecule has 6 rings (SSSR count). The Bertz CT molecular complexity index is 1610. The number of carbonyl (C=O) groups is 1. The third-order valence-corrected chi connectivity index (χ3v) is 8.06. The minimum Gasteiger partial charge on any atom is -0.362 e. The molecule has 0 bridgehead atoms. The Hall–Kier alpha value is -3.78. The molecule has 4 heterocycles. The number of ketones is 1. The Labute approximate surface area is 225 Å². The van der Waals surface area contributed by atoms with Gasteiger partial charge in [0.2, 0.25) is 5.95 Å². The molecule has 0 unspecified atom stereocenters. The summed E-state index contributed by atoms with van der Waals surface area (Å²) in [5.74, 6) is 1.26. The van der Waals surface area contributed by atoms with Gasteiger partial charge in [-0.25, -0.2) is 9.97 Å². The average Bonchev–Trinajstić information content (AvgIpc) is 3.59. The monoisotopic (exact) mass is 528 g/mol. The minimum absolute atomic E-state index is 0.0361. The van der Waals surface area contributed by atoms with Crippen LogP contribution in [-0.2, 0) is 19.0 Å². The second-order valence-corrected chi connectivity index (χ2v) is 10.5. The standard InChI is InChI=1S/C29H29ClN6O2/c1-17-24-14-32-29(34-27(24)36(22-5-3-4-6-22)28(38)26(17)18(2)37)33-25-10-9-23(13-31-25)35-15-20-8-7-19(12-30)11-21(20)16-35/h7-11,13-14,22H,3-6,12,15-16H2,1-2H3,(H,31,32,33,34). The highest BCUT2D eigenvalue weighted by Gasteiger charge is 2.26. The molecule has 8 nitrogen and oxygen atoms in total. The summed E-state index contributed by atoms with van der Waals surface area (Å²) in [6.45, 7) is 4.89. The number of nitrogens with zero attached hydrogens (tertiary/aromatic N) is 5. The van der Waals surface area contributed by atoms with Crippen molar-refractivity contribution >= 4 is 45.9 Å². The summed E-state index contributed by atoms with van der Waals surface area (Å²) in [6.07, 6.45) is 7.46. The number of fused-ring (bicyclic) bond motifs is 2. The SMILES string of the molecule is CC(=O)c1c(C)c2cnc(Nc3ccc(N4Cc5ccc(CCl)cc5C4)cn3)nc2n(C2CCCC2)c1=O. The highest BCUT2D eigenvalue weighted by atomic mass is 35.5. The molecule has 0 atom stereocenters. The molecular weight excluding hydrogens is 500 g/mol. The number of aromatic nitrogens is 4. The molecule has 0 amide bonds. The molecule has 1 aliphatic heterocycles. The molecule has 0 radical (unpaired) electrons. The lowest BCUT2D eigenvalue weighted by Crippen LogP contribution is -2.30. The van der Waals surface area contributed by atoms with Crippen LogP contribution in [0.1, 0.15) is 71.3 Å². The van der Waals surface area contributed by atoms with Gasteiger partial charge in [-0.2, -0.15) is 4.98 Å². The van der Waals surface area contributed by atoms with E-state index in [0.29, 0.717) is 28.9 Å². The van der Waals surface area contributed by atoms with E-state index in [-0.39, 0.29) is 22.9 Å². The topological polar surface area (TPSA) is 93.0 Å². The van der Waals surface area contributed by atoms with Crippen LogP contribution in [0.3, 0.4) is 0 Å². The van der Waals surface area contributed by atoms with Gasteiger partial charge < -0.3 is 10.2 Å². The number of alkyl halides is 1. The molecule has 1 aromatic carbocycles. The predicted molar refractivity (Wildman–Crippen MR) is 149 cm³/mol. The van der Waals surface area contributed by atoms with Crippen molar-refractivity contribution in [2.45, 2.75) is 64.5 Å². The van der Waals surface area contributed by atoms with Crippen molar-refractivity contribution < 1.29 is 4.79 Å². The van der Waals surface area contributed by atoms with Gasteiger partial charge in [0.15, 0.2) is 5.78 Å². The van der Waals surface area contributed by atoms with Crippen LogP contribution in [0, 0.1) is 6.92 Å². The molecule has 1 N–H and O–H groups in total. The first kappa shape index (κ1) is 24.6. The predicted octanol–water partition coefficient (Wildman–Crippen LogP) is 5.82. The number of anilines is 3. The highest BCUT2D eigenvalue weighted by molar-refractivity contribution is 6.17. The van der Waals surface area contributed by atoms with Crippen LogP contribution in [0.25, 0.3) is 11.0 Å². The second kappa shape index (κ2) is 9.83. The molecule has 194 valence electrons. The quantitative estimate of drug-likeness (QED) is 0.249. The fraction of sp³-hybridized carbons (Fsp3) is 0.345. The van der Waals surface area contributed by atoms with E-state index < -0.39 is 0 Å². The highest BCUT2D eigenvalue weighted by Crippen LogP contribution is 2.32. The van der Waals surface area contributed by atoms with Crippen LogP contribution >= 0.6 is 11.6 Å². The number of benzene rings is 1. The molecule has 9 heteroatoms. The number of hydrogen-bond acceptors (Lipinski definition) is 7. The van der Waals surface area contributed by atoms with E-state index in [4.69, 9.17) is 16.6 Å². The number of Topliss-reactive ketones (excluding diaryl/α,β-unsaturated/α-hetero) is 1. The Morgan fingerprint density at radius 2 is 1.87 bits per heavy atom. The van der Waals surface area contributed by atoms with E-state index in [0.717, 1.165) is 55.4 Å². The van der Waals surface area contributed by atoms with E-state index in [1.54, 1.807) is 17.7 Å². The first-order valence-electron chi connectivity index (χ1n) is 13.0. The van der Waals surface area contributed by atoms with Crippen LogP contribution < -0.4 is 15.8 Å². The van der Waals surface area contributed by atoms with Crippen molar-refractivity contribution in [1.29, 1.82) is 0 Å². The Kier molecular flexibility index (Phi) is 6.35. The van der Waals surface area contributed by atoms with Crippen LogP contribution in [0.2, 0.25) is 0 Å². The first-order valence-corrected chi connectivity index (χ1v) is 13.5. The number of aryl methyl sites for hydroxylation is 1. The van der Waals surface area contributed by atoms with Crippen molar-refractivity contribution in [3.8, 4) is 0 Å². The number of nitrogens with one attached hydrogen (secondary N) is 1. The summed E-state index contributed by atoms with van der Waals surface area (Å²) in [7, 11) is 0. The van der Waals surface area contributed by atoms with Crippen LogP contribution in [0.5, 0.6) is 0 Å². The van der Waals surface area contributed by atoms with Gasteiger partial charge in [0.25, 0.3) is 5.56 Å². The van der Waals surface area contributed by atoms with Gasteiger partial charge in [0.1, 0.15) is 11.5 Å². The van der Waals surface area contributed by atoms with Gasteiger partial charge >= 0.3 is 0 Å². The summed E-state index contributed by atoms with van der Waals surface area (Å²) in [6, 6.07) is 10.4. The number of carbonyl (C=O) groups excluding carboxylic acids is 1. The van der Waals surface area contributed by atoms with E-state index in [1.165, 1.54) is 18.1 Å². The van der Waals surface area contributed by atoms with Crippen LogP contribution in [0.15, 0.2) is 47.5 Å². The number of rotatable bonds is 6. The maximum absolute atomic E-state index is 13.4. The van der Waals surface area contributed by atoms with Gasteiger partial charge in [0, 0.05) is 36.6 Å². The molecule has 1 fully saturated rings. The molecule has 1 aliphatic carbocycles. The van der Waals surface area contributed by atoms with E-state index in [1.807, 2.05) is 18.3 Å². The second-order valence-electron chi connectivity index (χ2n) is 10.2. The summed E-state index contributed by atoms with van der Waals surface area (Å²) >= 11 is 6.00. The van der Waals surface area contributed by atoms with Crippen molar-refractivity contribution in [2.75, 3.05) is 10.2 Å². The Morgan fingerprint density at radius 3 is 2.58 bits per heavy atom. The summed E-state index contributed by atoms with van der Waals surface area (Å²) in [4.78, 5) is 41.9. The molecule has 3 aromatic heterocycles. The number of halogens is 1. The zero-order chi connectivity index (χ0) is 26.4. The van der Waals surface area contributed by atoms with E-state index in [9.17, 15) is 9.59 Å². The zero-order valence-corrected chi connectivity index (χ0v) is 22.3. The minimum atomic E-state index is -0.258. The fourth-order valence-corrected chi connectivity index (χ4v) is 5.95. The molecule has 4 aromatic rings. The van der Waals surface area contributed by atoms with Crippen molar-refractivity contribution in [2.24, 2.45) is 0 Å². The van der Waals surface area contributed by atoms with E-state index in [2.05, 4.69) is 38.4 Å². The summed E-state index contributed by atoms with van der Waals surface area (Å²) in [5.41, 5.74) is 5.93. The molecular formula is C29H29ClN6O2. The lowest BCUT2D eigenvalue weighted by Gasteiger charge is -2.19. The third kappa shape index (κ3) is 4.32. The van der Waals surface area contributed by atoms with Crippen molar-refractivity contribution in [3.63, 3.8) is 0 Å². The Balaban J connectivity index is 1.28. The third-order valence-electron chi connectivity index (χ3n) is 7.75. The maximum Gasteiger partial charge on any atom is 0.263 e. The van der Waals surface area contributed by atoms with Gasteiger partial charge in [-0.05, 0) is 61.1 Å². The van der Waals surface area contributed by atoms with Crippen LogP contribution in [0.4, 0.5) is 17.5 Å². The Morgan fingerprint density at radius 1 is 1.08 bits per heavy atom. The normalized spacial score (nSPS) is 15.3. The van der Waals surface area contributed by atoms with Crippen molar-refractivity contribution in [1.82, 2.24) is 19.5 Å². The summed E-state index contributed by atoms with van der Waals surface area (Å²) in [5, 5.41) is 3.91. The number of hydrogen-bond donors (Lipinski definition) is 1.